The number of esters is 2. The van der Waals surface area contributed by atoms with Crippen LogP contribution in [0.3, 0.4) is 0 Å². The van der Waals surface area contributed by atoms with Crippen LogP contribution < -0.4 is 5.73 Å². The minimum Gasteiger partial charge on any atom is -0.587 e. The van der Waals surface area contributed by atoms with Gasteiger partial charge in [0.05, 0.1) is 31.0 Å². The minimum absolute atomic E-state index is 0.187. The van der Waals surface area contributed by atoms with Gasteiger partial charge in [-0.1, -0.05) is 6.08 Å². The topological polar surface area (TPSA) is 107 Å². The van der Waals surface area contributed by atoms with Gasteiger partial charge in [0, 0.05) is 6.42 Å². The Morgan fingerprint density at radius 1 is 1.48 bits per heavy atom. The van der Waals surface area contributed by atoms with E-state index in [9.17, 15) is 14.1 Å². The number of nitrogens with two attached hydrogens (primary N) is 1. The molecule has 0 aromatic carbocycles. The van der Waals surface area contributed by atoms with Crippen LogP contribution in [0.2, 0.25) is 0 Å². The molecule has 1 aromatic heterocycles. The maximum absolute atomic E-state index is 13.0. The summed E-state index contributed by atoms with van der Waals surface area (Å²) in [7, 11) is 1.31. The second-order valence-electron chi connectivity index (χ2n) is 6.01. The van der Waals surface area contributed by atoms with E-state index in [1.165, 1.54) is 11.1 Å². The number of aromatic nitrogens is 1. The minimum atomic E-state index is -1.73. The van der Waals surface area contributed by atoms with E-state index in [4.69, 9.17) is 15.2 Å². The van der Waals surface area contributed by atoms with Crippen molar-refractivity contribution in [2.45, 2.75) is 27.2 Å². The molecule has 0 fully saturated rings. The predicted octanol–water partition coefficient (Wildman–Crippen LogP) is 1.79. The molecule has 1 aromatic rings. The molecule has 136 valence electrons. The highest BCUT2D eigenvalue weighted by Crippen LogP contribution is 2.35. The number of hydrogen-bond donors (Lipinski definition) is 1. The average molecular weight is 366 g/mol. The van der Waals surface area contributed by atoms with Crippen molar-refractivity contribution in [2.75, 3.05) is 13.7 Å². The smallest absolute Gasteiger partial charge is 0.359 e. The van der Waals surface area contributed by atoms with E-state index < -0.39 is 28.7 Å². The largest absolute Gasteiger partial charge is 0.587 e. The number of allylic oxidation sites excluding steroid dienone is 2. The summed E-state index contributed by atoms with van der Waals surface area (Å²) in [5, 5.41) is 0. The van der Waals surface area contributed by atoms with Gasteiger partial charge in [0.15, 0.2) is 10.6 Å². The number of carbonyl (C=O) groups is 2. The van der Waals surface area contributed by atoms with Crippen LogP contribution in [0.15, 0.2) is 35.0 Å². The van der Waals surface area contributed by atoms with Crippen LogP contribution in [-0.2, 0) is 25.6 Å². The van der Waals surface area contributed by atoms with Crippen molar-refractivity contribution in [3.63, 3.8) is 0 Å². The van der Waals surface area contributed by atoms with Crippen molar-refractivity contribution in [1.82, 2.24) is 3.97 Å². The van der Waals surface area contributed by atoms with Gasteiger partial charge in [-0.2, -0.15) is 3.97 Å². The summed E-state index contributed by atoms with van der Waals surface area (Å²) in [5.74, 6) is -0.970. The average Bonchev–Trinajstić information content (AvgIpc) is 2.95. The van der Waals surface area contributed by atoms with Crippen molar-refractivity contribution in [2.24, 2.45) is 11.1 Å². The molecule has 0 saturated heterocycles. The molecule has 7 nitrogen and oxygen atoms in total. The molecule has 0 bridgehead atoms. The van der Waals surface area contributed by atoms with Gasteiger partial charge in [-0.3, -0.25) is 4.79 Å². The Balaban J connectivity index is 2.35. The van der Waals surface area contributed by atoms with Gasteiger partial charge in [0.25, 0.3) is 0 Å². The van der Waals surface area contributed by atoms with Gasteiger partial charge in [-0.25, -0.2) is 4.79 Å². The maximum Gasteiger partial charge on any atom is 0.359 e. The molecule has 0 saturated carbocycles. The van der Waals surface area contributed by atoms with Crippen molar-refractivity contribution in [3.8, 4) is 0 Å². The van der Waals surface area contributed by atoms with Crippen molar-refractivity contribution >= 4 is 23.3 Å². The number of methoxy groups -OCH3 is 1. The van der Waals surface area contributed by atoms with E-state index in [1.54, 1.807) is 45.2 Å². The fraction of sp³-hybridized carbons (Fsp3) is 0.412. The summed E-state index contributed by atoms with van der Waals surface area (Å²) in [4.78, 5) is 24.3. The van der Waals surface area contributed by atoms with Crippen LogP contribution in [0.4, 0.5) is 0 Å². The van der Waals surface area contributed by atoms with Crippen molar-refractivity contribution < 1.29 is 23.6 Å². The lowest BCUT2D eigenvalue weighted by molar-refractivity contribution is -0.148. The summed E-state index contributed by atoms with van der Waals surface area (Å²) >= 11 is -1.73. The SMILES string of the molecule is CCOC(=O)c1cc(C)cn1[S+]([O-])C1=C(N)CC(C)(C(=O)OC)C=C1. The van der Waals surface area contributed by atoms with Crippen LogP contribution in [0.25, 0.3) is 0 Å². The Kier molecular flexibility index (Phi) is 5.64. The van der Waals surface area contributed by atoms with E-state index in [1.807, 2.05) is 0 Å². The van der Waals surface area contributed by atoms with Crippen LogP contribution in [-0.4, -0.2) is 34.2 Å². The molecule has 1 aliphatic carbocycles. The van der Waals surface area contributed by atoms with E-state index >= 15 is 0 Å². The lowest BCUT2D eigenvalue weighted by atomic mass is 9.82. The Morgan fingerprint density at radius 3 is 2.72 bits per heavy atom. The number of carbonyl (C=O) groups excluding carboxylic acids is 2. The monoisotopic (exact) mass is 366 g/mol. The molecule has 8 heteroatoms. The maximum atomic E-state index is 13.0. The third kappa shape index (κ3) is 3.74. The lowest BCUT2D eigenvalue weighted by Gasteiger charge is -2.27. The predicted molar refractivity (Wildman–Crippen MR) is 93.8 cm³/mol. The third-order valence-corrected chi connectivity index (χ3v) is 5.34. The van der Waals surface area contributed by atoms with Gasteiger partial charge < -0.3 is 19.8 Å². The Labute approximate surface area is 149 Å². The zero-order valence-corrected chi connectivity index (χ0v) is 15.5. The highest BCUT2D eigenvalue weighted by atomic mass is 32.2. The molecular weight excluding hydrogens is 344 g/mol. The molecule has 0 radical (unpaired) electrons. The molecule has 0 aliphatic heterocycles. The van der Waals surface area contributed by atoms with Gasteiger partial charge >= 0.3 is 11.9 Å². The van der Waals surface area contributed by atoms with E-state index in [-0.39, 0.29) is 18.7 Å². The van der Waals surface area contributed by atoms with Gasteiger partial charge in [0.2, 0.25) is 0 Å². The van der Waals surface area contributed by atoms with Gasteiger partial charge in [-0.15, -0.1) is 0 Å². The first-order valence-corrected chi connectivity index (χ1v) is 8.88. The molecule has 0 spiro atoms. The van der Waals surface area contributed by atoms with Crippen LogP contribution in [0.1, 0.15) is 36.3 Å². The summed E-state index contributed by atoms with van der Waals surface area (Å²) in [6.45, 7) is 5.41. The fourth-order valence-electron chi connectivity index (χ4n) is 2.62. The third-order valence-electron chi connectivity index (χ3n) is 3.90. The van der Waals surface area contributed by atoms with Crippen molar-refractivity contribution in [1.29, 1.82) is 0 Å². The Hall–Kier alpha value is -2.19. The first-order chi connectivity index (χ1) is 11.7. The summed E-state index contributed by atoms with van der Waals surface area (Å²) in [6.07, 6.45) is 4.97. The molecule has 1 aliphatic rings. The number of ether oxygens (including phenoxy) is 2. The standard InChI is InChI=1S/C17H22N2O5S/c1-5-24-15(20)13-8-11(2)10-19(13)25(22)14-6-7-17(3,9-12(14)18)16(21)23-4/h6-8,10H,5,9,18H2,1-4H3. The number of aryl methyl sites for hydroxylation is 1. The molecular formula is C17H22N2O5S. The summed E-state index contributed by atoms with van der Waals surface area (Å²) in [6, 6.07) is 1.61. The first kappa shape index (κ1) is 19.1. The fourth-order valence-corrected chi connectivity index (χ4v) is 3.88. The Morgan fingerprint density at radius 2 is 2.16 bits per heavy atom. The zero-order valence-electron chi connectivity index (χ0n) is 14.7. The second-order valence-corrected chi connectivity index (χ2v) is 7.34. The summed E-state index contributed by atoms with van der Waals surface area (Å²) < 4.78 is 24.1. The summed E-state index contributed by atoms with van der Waals surface area (Å²) in [5.41, 5.74) is 6.45. The second kappa shape index (κ2) is 7.37. The molecule has 2 rings (SSSR count). The quantitative estimate of drug-likeness (QED) is 0.629. The van der Waals surface area contributed by atoms with E-state index in [2.05, 4.69) is 0 Å². The van der Waals surface area contributed by atoms with Crippen LogP contribution in [0.5, 0.6) is 0 Å². The van der Waals surface area contributed by atoms with Crippen LogP contribution in [0, 0.1) is 12.3 Å². The lowest BCUT2D eigenvalue weighted by Crippen LogP contribution is -2.33. The number of hydrogen-bond acceptors (Lipinski definition) is 6. The first-order valence-electron chi connectivity index (χ1n) is 7.78. The zero-order chi connectivity index (χ0) is 18.8. The molecule has 2 unspecified atom stereocenters. The number of rotatable bonds is 5. The molecule has 0 amide bonds. The highest BCUT2D eigenvalue weighted by molar-refractivity contribution is 7.94. The van der Waals surface area contributed by atoms with E-state index in [0.29, 0.717) is 10.6 Å². The molecule has 2 N–H and O–H groups in total. The highest BCUT2D eigenvalue weighted by Gasteiger charge is 2.38. The van der Waals surface area contributed by atoms with Crippen LogP contribution >= 0.6 is 0 Å². The van der Waals surface area contributed by atoms with Gasteiger partial charge in [-0.05, 0) is 38.5 Å². The van der Waals surface area contributed by atoms with E-state index in [0.717, 1.165) is 5.56 Å². The van der Waals surface area contributed by atoms with Crippen molar-refractivity contribution in [3.05, 3.63) is 46.3 Å². The Bertz CT molecular complexity index is 752. The molecule has 25 heavy (non-hydrogen) atoms. The normalized spacial score (nSPS) is 21.2. The molecule has 1 heterocycles. The molecule has 2 atom stereocenters. The number of nitrogens with zero attached hydrogens (tertiary/aromatic N) is 1. The van der Waals surface area contributed by atoms with Gasteiger partial charge in [0.1, 0.15) is 11.4 Å².